The normalized spacial score (nSPS) is 12.1. The van der Waals surface area contributed by atoms with Crippen LogP contribution in [-0.2, 0) is 0 Å². The van der Waals surface area contributed by atoms with Gasteiger partial charge in [0.15, 0.2) is 0 Å². The van der Waals surface area contributed by atoms with Gasteiger partial charge in [-0.15, -0.1) is 9.39 Å². The van der Waals surface area contributed by atoms with Crippen molar-refractivity contribution in [3.8, 4) is 11.3 Å². The fourth-order valence-electron chi connectivity index (χ4n) is 2.96. The van der Waals surface area contributed by atoms with Gasteiger partial charge in [-0.25, -0.2) is 14.4 Å². The Bertz CT molecular complexity index is 945. The number of unbranched alkanes of at least 4 members (excludes halogenated alkanes) is 3. The molecule has 0 saturated carbocycles. The lowest BCUT2D eigenvalue weighted by Crippen LogP contribution is -2.17. The highest BCUT2D eigenvalue weighted by molar-refractivity contribution is 8.28. The van der Waals surface area contributed by atoms with E-state index in [0.29, 0.717) is 5.95 Å². The number of anilines is 1. The number of allylic oxidation sites excluding steroid dienone is 1. The maximum absolute atomic E-state index is 13.5. The lowest BCUT2D eigenvalue weighted by molar-refractivity contribution is 0.628. The smallest absolute Gasteiger partial charge is 0.235 e. The monoisotopic (exact) mass is 415 g/mol. The molecule has 2 aromatic rings. The van der Waals surface area contributed by atoms with Crippen LogP contribution >= 0.6 is 9.39 Å². The van der Waals surface area contributed by atoms with E-state index in [9.17, 15) is 4.39 Å². The second-order valence-corrected chi connectivity index (χ2v) is 10.9. The Hall–Kier alpha value is -2.14. The van der Waals surface area contributed by atoms with Crippen molar-refractivity contribution in [2.45, 2.75) is 52.4 Å². The quantitative estimate of drug-likeness (QED) is 0.339. The van der Waals surface area contributed by atoms with Gasteiger partial charge in [0.25, 0.3) is 0 Å². The summed E-state index contributed by atoms with van der Waals surface area (Å²) in [6.45, 7) is 6.47. The zero-order valence-electron chi connectivity index (χ0n) is 18.4. The highest BCUT2D eigenvalue weighted by Crippen LogP contribution is 2.33. The highest BCUT2D eigenvalue weighted by Gasteiger charge is 2.19. The summed E-state index contributed by atoms with van der Waals surface area (Å²) >= 11 is 0. The van der Waals surface area contributed by atoms with E-state index in [1.54, 1.807) is 12.1 Å². The molecule has 0 atom stereocenters. The van der Waals surface area contributed by atoms with Crippen LogP contribution in [0.5, 0.6) is 0 Å². The molecule has 158 valence electrons. The van der Waals surface area contributed by atoms with Crippen LogP contribution in [0.25, 0.3) is 17.3 Å². The van der Waals surface area contributed by atoms with Crippen LogP contribution in [0.4, 0.5) is 10.3 Å². The number of hydrogen-bond donors (Lipinski definition) is 0. The molecule has 29 heavy (non-hydrogen) atoms. The van der Waals surface area contributed by atoms with Crippen molar-refractivity contribution in [1.29, 1.82) is 0 Å². The second kappa shape index (κ2) is 10.1. The van der Waals surface area contributed by atoms with Gasteiger partial charge in [-0.05, 0) is 49.3 Å². The van der Waals surface area contributed by atoms with E-state index in [4.69, 9.17) is 9.97 Å². The second-order valence-electron chi connectivity index (χ2n) is 7.95. The van der Waals surface area contributed by atoms with E-state index in [1.807, 2.05) is 17.6 Å². The molecule has 0 unspecified atom stereocenters. The molecule has 5 heteroatoms. The molecule has 2 rings (SSSR count). The summed E-state index contributed by atoms with van der Waals surface area (Å²) in [4.78, 5) is 9.77. The lowest BCUT2D eigenvalue weighted by atomic mass is 9.97. The average molecular weight is 416 g/mol. The molecule has 3 nitrogen and oxygen atoms in total. The van der Waals surface area contributed by atoms with Crippen molar-refractivity contribution in [2.75, 3.05) is 17.6 Å². The minimum Gasteiger partial charge on any atom is -0.300 e. The van der Waals surface area contributed by atoms with Crippen LogP contribution < -0.4 is 4.31 Å². The number of nitrogens with zero attached hydrogens (tertiary/aromatic N) is 3. The number of benzene rings is 1. The summed E-state index contributed by atoms with van der Waals surface area (Å²) in [6, 6.07) is 6.51. The van der Waals surface area contributed by atoms with Crippen molar-refractivity contribution < 1.29 is 4.39 Å². The first-order valence-corrected chi connectivity index (χ1v) is 12.5. The third kappa shape index (κ3) is 6.17. The third-order valence-electron chi connectivity index (χ3n) is 4.83. The van der Waals surface area contributed by atoms with E-state index in [-0.39, 0.29) is 11.7 Å². The number of rotatable bonds is 9. The summed E-state index contributed by atoms with van der Waals surface area (Å²) in [5.74, 6) is 8.95. The van der Waals surface area contributed by atoms with Crippen LogP contribution in [0.3, 0.4) is 0 Å². The first-order chi connectivity index (χ1) is 13.6. The molecule has 0 N–H and O–H groups in total. The van der Waals surface area contributed by atoms with Gasteiger partial charge < -0.3 is 4.31 Å². The first kappa shape index (κ1) is 23.1. The van der Waals surface area contributed by atoms with E-state index in [0.717, 1.165) is 28.9 Å². The number of hydrogen-bond acceptors (Lipinski definition) is 3. The van der Waals surface area contributed by atoms with E-state index >= 15 is 0 Å². The third-order valence-corrected chi connectivity index (χ3v) is 6.32. The fraction of sp³-hybridized carbons (Fsp3) is 0.417. The van der Waals surface area contributed by atoms with Gasteiger partial charge in [0.2, 0.25) is 5.95 Å². The summed E-state index contributed by atoms with van der Waals surface area (Å²) in [5.41, 5.74) is 3.69. The van der Waals surface area contributed by atoms with Gasteiger partial charge in [-0.1, -0.05) is 57.5 Å². The van der Waals surface area contributed by atoms with Crippen LogP contribution in [0.1, 0.15) is 63.6 Å². The van der Waals surface area contributed by atoms with Crippen molar-refractivity contribution in [2.24, 2.45) is 0 Å². The molecule has 0 aliphatic carbocycles. The van der Waals surface area contributed by atoms with E-state index in [1.165, 1.54) is 31.4 Å². The molecule has 0 saturated heterocycles. The minimum atomic E-state index is -1.51. The number of aromatic nitrogens is 2. The largest absolute Gasteiger partial charge is 0.300 e. The topological polar surface area (TPSA) is 29.0 Å². The zero-order chi connectivity index (χ0) is 21.6. The molecular weight excluding hydrogens is 381 g/mol. The van der Waals surface area contributed by atoms with Gasteiger partial charge in [-0.3, -0.25) is 0 Å². The van der Waals surface area contributed by atoms with Crippen LogP contribution in [-0.4, -0.2) is 35.0 Å². The Balaban J connectivity index is 2.66. The Morgan fingerprint density at radius 1 is 1.14 bits per heavy atom. The number of halogens is 1. The van der Waals surface area contributed by atoms with Crippen LogP contribution in [0.15, 0.2) is 30.3 Å². The SMILES string of the molecule is C=S(=C)(C)N(C)c1nc(-c2ccc(F)cc2)c(/C=C/CCCCC)c(C(C)C)n1. The minimum absolute atomic E-state index is 0.218. The van der Waals surface area contributed by atoms with Crippen molar-refractivity contribution in [3.05, 3.63) is 47.4 Å². The fourth-order valence-corrected chi connectivity index (χ4v) is 3.43. The predicted octanol–water partition coefficient (Wildman–Crippen LogP) is 6.65. The molecule has 1 heterocycles. The van der Waals surface area contributed by atoms with Crippen molar-refractivity contribution >= 4 is 33.2 Å². The summed E-state index contributed by atoms with van der Waals surface area (Å²) in [7, 11) is 0.420. The first-order valence-electron chi connectivity index (χ1n) is 10.2. The van der Waals surface area contributed by atoms with Gasteiger partial charge in [0.05, 0.1) is 11.4 Å². The standard InChI is InChI=1S/C24H34FN3S/c1-8-9-10-11-12-13-21-22(18(2)3)26-24(28(4)29(5,6)7)27-23(21)19-14-16-20(25)17-15-19/h12-18H,5-6,8-11H2,1-4,7H3/b13-12+. The zero-order valence-corrected chi connectivity index (χ0v) is 19.2. The van der Waals surface area contributed by atoms with Gasteiger partial charge in [-0.2, -0.15) is 0 Å². The highest BCUT2D eigenvalue weighted by atomic mass is 32.2. The van der Waals surface area contributed by atoms with Crippen LogP contribution in [0.2, 0.25) is 0 Å². The molecule has 0 aliphatic rings. The van der Waals surface area contributed by atoms with Crippen molar-refractivity contribution in [3.63, 3.8) is 0 Å². The summed E-state index contributed by atoms with van der Waals surface area (Å²) in [5, 5.41) is 0. The summed E-state index contributed by atoms with van der Waals surface area (Å²) in [6.07, 6.45) is 11.0. The molecule has 0 bridgehead atoms. The van der Waals surface area contributed by atoms with Gasteiger partial charge in [0, 0.05) is 18.2 Å². The Morgan fingerprint density at radius 3 is 2.34 bits per heavy atom. The van der Waals surface area contributed by atoms with E-state index < -0.39 is 9.39 Å². The molecule has 1 aromatic carbocycles. The predicted molar refractivity (Wildman–Crippen MR) is 131 cm³/mol. The van der Waals surface area contributed by atoms with E-state index in [2.05, 4.69) is 44.7 Å². The maximum atomic E-state index is 13.5. The molecule has 0 amide bonds. The van der Waals surface area contributed by atoms with Crippen LogP contribution in [0, 0.1) is 5.82 Å². The van der Waals surface area contributed by atoms with Gasteiger partial charge in [0.1, 0.15) is 5.82 Å². The molecule has 0 spiro atoms. The molecule has 1 aromatic heterocycles. The maximum Gasteiger partial charge on any atom is 0.235 e. The molecular formula is C24H34FN3S. The lowest BCUT2D eigenvalue weighted by Gasteiger charge is -2.26. The van der Waals surface area contributed by atoms with Crippen molar-refractivity contribution in [1.82, 2.24) is 9.97 Å². The average Bonchev–Trinajstić information content (AvgIpc) is 2.66. The molecule has 0 fully saturated rings. The Labute approximate surface area is 176 Å². The Kier molecular flexibility index (Phi) is 8.03. The summed E-state index contributed by atoms with van der Waals surface area (Å²) < 4.78 is 15.5. The molecule has 0 aliphatic heterocycles. The van der Waals surface area contributed by atoms with Gasteiger partial charge >= 0.3 is 0 Å². The molecule has 0 radical (unpaired) electrons. The Morgan fingerprint density at radius 2 is 1.79 bits per heavy atom.